The van der Waals surface area contributed by atoms with E-state index in [2.05, 4.69) is 46.6 Å². The molecule has 3 aromatic rings. The van der Waals surface area contributed by atoms with Gasteiger partial charge in [0, 0.05) is 6.54 Å². The van der Waals surface area contributed by atoms with Gasteiger partial charge in [-0.25, -0.2) is 4.98 Å². The minimum absolute atomic E-state index is 0.0228. The topological polar surface area (TPSA) is 44.1 Å². The Kier molecular flexibility index (Phi) is 5.50. The fourth-order valence-corrected chi connectivity index (χ4v) is 3.38. The summed E-state index contributed by atoms with van der Waals surface area (Å²) in [6, 6.07) is 13.6. The lowest BCUT2D eigenvalue weighted by molar-refractivity contribution is 0.301. The maximum absolute atomic E-state index is 12.4. The normalized spacial score (nSPS) is 10.9. The molecule has 0 aliphatic rings. The van der Waals surface area contributed by atoms with Crippen LogP contribution in [0.15, 0.2) is 53.6 Å². The van der Waals surface area contributed by atoms with Crippen LogP contribution in [0.3, 0.4) is 0 Å². The zero-order valence-corrected chi connectivity index (χ0v) is 15.7. The Morgan fingerprint density at radius 1 is 1.17 bits per heavy atom. The fraction of sp³-hybridized carbons (Fsp3) is 0.263. The number of rotatable bonds is 6. The van der Waals surface area contributed by atoms with E-state index in [1.807, 2.05) is 30.3 Å². The zero-order chi connectivity index (χ0) is 16.9. The summed E-state index contributed by atoms with van der Waals surface area (Å²) in [5, 5.41) is 0.672. The third-order valence-electron chi connectivity index (χ3n) is 3.87. The van der Waals surface area contributed by atoms with Gasteiger partial charge in [-0.2, -0.15) is 0 Å². The summed E-state index contributed by atoms with van der Waals surface area (Å²) in [6.45, 7) is 3.38. The van der Waals surface area contributed by atoms with Crippen molar-refractivity contribution < 1.29 is 4.74 Å². The summed E-state index contributed by atoms with van der Waals surface area (Å²) >= 11 is 2.29. The molecule has 2 aromatic carbocycles. The molecule has 0 radical (unpaired) electrons. The predicted molar refractivity (Wildman–Crippen MR) is 105 cm³/mol. The molecule has 1 aromatic heterocycles. The second-order valence-electron chi connectivity index (χ2n) is 5.75. The van der Waals surface area contributed by atoms with Crippen molar-refractivity contribution in [3.05, 3.63) is 68.3 Å². The maximum atomic E-state index is 12.4. The van der Waals surface area contributed by atoms with Crippen molar-refractivity contribution in [2.24, 2.45) is 0 Å². The molecule has 0 aliphatic heterocycles. The molecule has 3 rings (SSSR count). The molecule has 124 valence electrons. The first kappa shape index (κ1) is 17.0. The lowest BCUT2D eigenvalue weighted by Crippen LogP contribution is -2.20. The Balaban J connectivity index is 1.53. The number of fused-ring (bicyclic) bond motifs is 1. The number of ether oxygens (including phenoxy) is 1. The summed E-state index contributed by atoms with van der Waals surface area (Å²) in [5.74, 6) is 0.922. The van der Waals surface area contributed by atoms with E-state index in [0.29, 0.717) is 18.5 Å². The lowest BCUT2D eigenvalue weighted by atomic mass is 10.2. The minimum Gasteiger partial charge on any atom is -0.492 e. The van der Waals surface area contributed by atoms with Crippen LogP contribution in [0.1, 0.15) is 18.4 Å². The van der Waals surface area contributed by atoms with E-state index in [-0.39, 0.29) is 5.56 Å². The molecule has 0 bridgehead atoms. The Hall–Kier alpha value is -1.89. The molecule has 0 aliphatic carbocycles. The van der Waals surface area contributed by atoms with E-state index >= 15 is 0 Å². The Labute approximate surface area is 154 Å². The molecule has 4 nitrogen and oxygen atoms in total. The molecule has 24 heavy (non-hydrogen) atoms. The molecule has 0 saturated carbocycles. The van der Waals surface area contributed by atoms with E-state index in [4.69, 9.17) is 4.74 Å². The van der Waals surface area contributed by atoms with E-state index in [0.717, 1.165) is 27.7 Å². The van der Waals surface area contributed by atoms with E-state index in [1.165, 1.54) is 5.56 Å². The van der Waals surface area contributed by atoms with Gasteiger partial charge < -0.3 is 4.74 Å². The second kappa shape index (κ2) is 7.79. The average molecular weight is 434 g/mol. The number of benzene rings is 2. The maximum Gasteiger partial charge on any atom is 0.261 e. The summed E-state index contributed by atoms with van der Waals surface area (Å²) in [7, 11) is 0. The molecular weight excluding hydrogens is 415 g/mol. The van der Waals surface area contributed by atoms with Gasteiger partial charge in [-0.15, -0.1) is 0 Å². The highest BCUT2D eigenvalue weighted by atomic mass is 127. The lowest BCUT2D eigenvalue weighted by Gasteiger charge is -2.09. The van der Waals surface area contributed by atoms with Crippen LogP contribution in [0.4, 0.5) is 0 Å². The smallest absolute Gasteiger partial charge is 0.261 e. The monoisotopic (exact) mass is 434 g/mol. The van der Waals surface area contributed by atoms with Crippen LogP contribution < -0.4 is 10.3 Å². The zero-order valence-electron chi connectivity index (χ0n) is 13.5. The van der Waals surface area contributed by atoms with Crippen LogP contribution >= 0.6 is 22.6 Å². The number of halogens is 1. The third-order valence-corrected chi connectivity index (χ3v) is 4.71. The first-order valence-corrected chi connectivity index (χ1v) is 9.06. The van der Waals surface area contributed by atoms with Crippen LogP contribution in [0.5, 0.6) is 5.75 Å². The van der Waals surface area contributed by atoms with Gasteiger partial charge in [0.2, 0.25) is 0 Å². The van der Waals surface area contributed by atoms with Gasteiger partial charge in [-0.05, 0) is 72.2 Å². The van der Waals surface area contributed by atoms with Gasteiger partial charge in [0.25, 0.3) is 5.56 Å². The molecule has 0 atom stereocenters. The van der Waals surface area contributed by atoms with Crippen molar-refractivity contribution in [3.63, 3.8) is 0 Å². The molecule has 0 amide bonds. The van der Waals surface area contributed by atoms with Crippen molar-refractivity contribution >= 4 is 33.5 Å². The molecule has 0 unspecified atom stereocenters. The quantitative estimate of drug-likeness (QED) is 0.432. The van der Waals surface area contributed by atoms with Gasteiger partial charge in [-0.1, -0.05) is 18.2 Å². The molecular formula is C19H19IN2O2. The van der Waals surface area contributed by atoms with Crippen LogP contribution in [0.2, 0.25) is 0 Å². The molecule has 0 spiro atoms. The molecule has 0 saturated heterocycles. The number of para-hydroxylation sites is 1. The standard InChI is InChI=1S/C19H19IN2O2/c1-14-8-9-18(16(20)12-14)24-11-5-4-10-22-13-21-17-7-3-2-6-15(17)19(22)23/h2-3,6-9,12-13H,4-5,10-11H2,1H3. The second-order valence-corrected chi connectivity index (χ2v) is 6.91. The average Bonchev–Trinajstić information content (AvgIpc) is 2.58. The van der Waals surface area contributed by atoms with Crippen molar-refractivity contribution in [3.8, 4) is 5.75 Å². The van der Waals surface area contributed by atoms with Crippen molar-refractivity contribution in [2.45, 2.75) is 26.3 Å². The third kappa shape index (κ3) is 3.95. The molecule has 5 heteroatoms. The fourth-order valence-electron chi connectivity index (χ4n) is 2.55. The van der Waals surface area contributed by atoms with Crippen LogP contribution in [-0.2, 0) is 6.54 Å². The molecule has 1 heterocycles. The van der Waals surface area contributed by atoms with E-state index in [1.54, 1.807) is 10.9 Å². The highest BCUT2D eigenvalue weighted by molar-refractivity contribution is 14.1. The van der Waals surface area contributed by atoms with E-state index in [9.17, 15) is 4.79 Å². The summed E-state index contributed by atoms with van der Waals surface area (Å²) in [4.78, 5) is 16.7. The number of hydrogen-bond acceptors (Lipinski definition) is 3. The van der Waals surface area contributed by atoms with Crippen molar-refractivity contribution in [1.29, 1.82) is 0 Å². The largest absolute Gasteiger partial charge is 0.492 e. The predicted octanol–water partition coefficient (Wildman–Crippen LogP) is 4.17. The Bertz CT molecular complexity index is 905. The van der Waals surface area contributed by atoms with Gasteiger partial charge in [0.1, 0.15) is 5.75 Å². The van der Waals surface area contributed by atoms with Crippen LogP contribution in [0, 0.1) is 10.5 Å². The van der Waals surface area contributed by atoms with E-state index < -0.39 is 0 Å². The summed E-state index contributed by atoms with van der Waals surface area (Å²) < 4.78 is 8.63. The number of aromatic nitrogens is 2. The number of nitrogens with zero attached hydrogens (tertiary/aromatic N) is 2. The van der Waals surface area contributed by atoms with Gasteiger partial charge in [0.05, 0.1) is 27.4 Å². The Morgan fingerprint density at radius 3 is 2.83 bits per heavy atom. The number of aryl methyl sites for hydroxylation is 2. The molecule has 0 fully saturated rings. The first-order chi connectivity index (χ1) is 11.6. The van der Waals surface area contributed by atoms with Crippen LogP contribution in [0.25, 0.3) is 10.9 Å². The SMILES string of the molecule is Cc1ccc(OCCCCn2cnc3ccccc3c2=O)c(I)c1. The van der Waals surface area contributed by atoms with Crippen molar-refractivity contribution in [2.75, 3.05) is 6.61 Å². The first-order valence-electron chi connectivity index (χ1n) is 7.98. The van der Waals surface area contributed by atoms with Crippen molar-refractivity contribution in [1.82, 2.24) is 9.55 Å². The van der Waals surface area contributed by atoms with Gasteiger partial charge in [0.15, 0.2) is 0 Å². The summed E-state index contributed by atoms with van der Waals surface area (Å²) in [6.07, 6.45) is 3.40. The number of unbranched alkanes of at least 4 members (excludes halogenated alkanes) is 1. The highest BCUT2D eigenvalue weighted by Crippen LogP contribution is 2.21. The highest BCUT2D eigenvalue weighted by Gasteiger charge is 2.04. The van der Waals surface area contributed by atoms with Gasteiger partial charge in [-0.3, -0.25) is 9.36 Å². The minimum atomic E-state index is 0.0228. The van der Waals surface area contributed by atoms with Gasteiger partial charge >= 0.3 is 0 Å². The number of hydrogen-bond donors (Lipinski definition) is 0. The van der Waals surface area contributed by atoms with Crippen LogP contribution in [-0.4, -0.2) is 16.2 Å². The molecule has 0 N–H and O–H groups in total. The Morgan fingerprint density at radius 2 is 2.00 bits per heavy atom. The summed E-state index contributed by atoms with van der Waals surface area (Å²) in [5.41, 5.74) is 2.00.